The summed E-state index contributed by atoms with van der Waals surface area (Å²) in [6.07, 6.45) is 0. The summed E-state index contributed by atoms with van der Waals surface area (Å²) in [5.74, 6) is 0. The van der Waals surface area contributed by atoms with Crippen molar-refractivity contribution in [1.82, 2.24) is 0 Å². The molecule has 0 saturated heterocycles. The molecule has 1 aliphatic carbocycles. The molecular weight excluding hydrogens is 391 g/mol. The van der Waals surface area contributed by atoms with Crippen LogP contribution in [-0.2, 0) is 5.41 Å². The van der Waals surface area contributed by atoms with E-state index < -0.39 is 0 Å². The van der Waals surface area contributed by atoms with Gasteiger partial charge in [-0.05, 0) is 45.5 Å². The fraction of sp³-hybridized carbons (Fsp3) is 0.0400. The van der Waals surface area contributed by atoms with Gasteiger partial charge in [0.1, 0.15) is 7.85 Å². The summed E-state index contributed by atoms with van der Waals surface area (Å²) < 4.78 is 1.11. The van der Waals surface area contributed by atoms with Crippen molar-refractivity contribution in [2.45, 2.75) is 5.41 Å². The minimum Gasteiger partial charge on any atom is -0.0886 e. The van der Waals surface area contributed by atoms with Crippen LogP contribution in [0.25, 0.3) is 11.1 Å². The van der Waals surface area contributed by atoms with Crippen LogP contribution in [0.15, 0.2) is 102 Å². The SMILES string of the molecule is Bc1ccc2c(c1)C(c1ccccc1)(c1ccccc1)c1cc(Br)ccc1-2. The topological polar surface area (TPSA) is 0 Å². The molecule has 27 heavy (non-hydrogen) atoms. The zero-order chi connectivity index (χ0) is 18.4. The van der Waals surface area contributed by atoms with Crippen LogP contribution in [0.2, 0.25) is 0 Å². The van der Waals surface area contributed by atoms with Gasteiger partial charge in [0.25, 0.3) is 0 Å². The molecule has 5 rings (SSSR count). The largest absolute Gasteiger partial charge is 0.139 e. The van der Waals surface area contributed by atoms with Crippen LogP contribution in [0.5, 0.6) is 0 Å². The first kappa shape index (κ1) is 16.6. The van der Waals surface area contributed by atoms with E-state index in [1.807, 2.05) is 0 Å². The standard InChI is InChI=1S/C25H18BBr/c26-19-11-13-21-22-14-12-20(27)16-24(22)25(23(21)15-19,17-7-3-1-4-8-17)18-9-5-2-6-10-18/h1-16H,26H2. The van der Waals surface area contributed by atoms with Crippen molar-refractivity contribution in [3.63, 3.8) is 0 Å². The van der Waals surface area contributed by atoms with E-state index in [0.717, 1.165) is 4.47 Å². The average molecular weight is 409 g/mol. The number of fused-ring (bicyclic) bond motifs is 3. The normalized spacial score (nSPS) is 13.8. The Morgan fingerprint density at radius 3 is 1.70 bits per heavy atom. The van der Waals surface area contributed by atoms with Crippen molar-refractivity contribution in [1.29, 1.82) is 0 Å². The van der Waals surface area contributed by atoms with Gasteiger partial charge in [-0.2, -0.15) is 0 Å². The molecule has 1 aliphatic rings. The fourth-order valence-corrected chi connectivity index (χ4v) is 4.94. The fourth-order valence-electron chi connectivity index (χ4n) is 4.57. The highest BCUT2D eigenvalue weighted by Crippen LogP contribution is 2.56. The van der Waals surface area contributed by atoms with Gasteiger partial charge in [-0.25, -0.2) is 0 Å². The second kappa shape index (κ2) is 6.25. The van der Waals surface area contributed by atoms with Gasteiger partial charge in [0.05, 0.1) is 5.41 Å². The van der Waals surface area contributed by atoms with Gasteiger partial charge >= 0.3 is 0 Å². The maximum atomic E-state index is 3.72. The highest BCUT2D eigenvalue weighted by atomic mass is 79.9. The summed E-state index contributed by atoms with van der Waals surface area (Å²) in [5, 5.41) is 0. The average Bonchev–Trinajstić information content (AvgIpc) is 2.99. The molecule has 0 amide bonds. The lowest BCUT2D eigenvalue weighted by Gasteiger charge is -2.34. The minimum absolute atomic E-state index is 0.303. The predicted molar refractivity (Wildman–Crippen MR) is 120 cm³/mol. The zero-order valence-electron chi connectivity index (χ0n) is 15.1. The van der Waals surface area contributed by atoms with E-state index in [1.165, 1.54) is 38.8 Å². The van der Waals surface area contributed by atoms with E-state index in [-0.39, 0.29) is 5.41 Å². The minimum atomic E-state index is -0.303. The molecular formula is C25H18BBr. The molecule has 0 bridgehead atoms. The molecule has 0 atom stereocenters. The van der Waals surface area contributed by atoms with Crippen LogP contribution in [0.1, 0.15) is 22.3 Å². The lowest BCUT2D eigenvalue weighted by atomic mass is 9.67. The van der Waals surface area contributed by atoms with Gasteiger partial charge in [0.15, 0.2) is 0 Å². The molecule has 0 saturated carbocycles. The Morgan fingerprint density at radius 1 is 0.593 bits per heavy atom. The molecule has 4 aromatic rings. The van der Waals surface area contributed by atoms with Gasteiger partial charge in [-0.15, -0.1) is 0 Å². The van der Waals surface area contributed by atoms with Crippen molar-refractivity contribution in [3.8, 4) is 11.1 Å². The molecule has 4 aromatic carbocycles. The first-order valence-corrected chi connectivity index (χ1v) is 10.0. The lowest BCUT2D eigenvalue weighted by molar-refractivity contribution is 0.768. The first-order chi connectivity index (χ1) is 13.2. The molecule has 0 fully saturated rings. The Bertz CT molecular complexity index is 1040. The molecule has 0 N–H and O–H groups in total. The third kappa shape index (κ3) is 2.37. The maximum absolute atomic E-state index is 3.72. The van der Waals surface area contributed by atoms with Crippen LogP contribution < -0.4 is 5.46 Å². The highest BCUT2D eigenvalue weighted by Gasteiger charge is 2.46. The molecule has 0 unspecified atom stereocenters. The molecule has 0 aliphatic heterocycles. The summed E-state index contributed by atoms with van der Waals surface area (Å²) in [5.41, 5.74) is 8.96. The number of hydrogen-bond acceptors (Lipinski definition) is 0. The summed E-state index contributed by atoms with van der Waals surface area (Å²) in [6, 6.07) is 35.4. The smallest absolute Gasteiger partial charge is 0.0886 e. The number of rotatable bonds is 2. The van der Waals surface area contributed by atoms with E-state index >= 15 is 0 Å². The van der Waals surface area contributed by atoms with Crippen LogP contribution >= 0.6 is 15.9 Å². The van der Waals surface area contributed by atoms with E-state index in [2.05, 4.69) is 121 Å². The lowest BCUT2D eigenvalue weighted by Crippen LogP contribution is -2.29. The Kier molecular flexibility index (Phi) is 3.84. The van der Waals surface area contributed by atoms with Crippen LogP contribution in [-0.4, -0.2) is 7.85 Å². The van der Waals surface area contributed by atoms with Crippen molar-refractivity contribution in [2.24, 2.45) is 0 Å². The van der Waals surface area contributed by atoms with E-state index in [0.29, 0.717) is 0 Å². The Balaban J connectivity index is 2.00. The van der Waals surface area contributed by atoms with Crippen molar-refractivity contribution in [2.75, 3.05) is 0 Å². The third-order valence-corrected chi connectivity index (χ3v) is 6.16. The van der Waals surface area contributed by atoms with Crippen molar-refractivity contribution in [3.05, 3.63) is 124 Å². The van der Waals surface area contributed by atoms with Crippen LogP contribution in [0, 0.1) is 0 Å². The van der Waals surface area contributed by atoms with Gasteiger partial charge < -0.3 is 0 Å². The summed E-state index contributed by atoms with van der Waals surface area (Å²) in [6.45, 7) is 0. The summed E-state index contributed by atoms with van der Waals surface area (Å²) >= 11 is 3.72. The number of hydrogen-bond donors (Lipinski definition) is 0. The molecule has 128 valence electrons. The summed E-state index contributed by atoms with van der Waals surface area (Å²) in [7, 11) is 2.18. The van der Waals surface area contributed by atoms with Crippen LogP contribution in [0.4, 0.5) is 0 Å². The highest BCUT2D eigenvalue weighted by molar-refractivity contribution is 9.10. The van der Waals surface area contributed by atoms with Gasteiger partial charge in [-0.3, -0.25) is 0 Å². The Labute approximate surface area is 169 Å². The first-order valence-electron chi connectivity index (χ1n) is 9.24. The van der Waals surface area contributed by atoms with E-state index in [1.54, 1.807) is 0 Å². The van der Waals surface area contributed by atoms with E-state index in [4.69, 9.17) is 0 Å². The quantitative estimate of drug-likeness (QED) is 0.357. The Morgan fingerprint density at radius 2 is 1.11 bits per heavy atom. The molecule has 0 nitrogen and oxygen atoms in total. The molecule has 0 spiro atoms. The Hall–Kier alpha value is -2.58. The van der Waals surface area contributed by atoms with Crippen molar-refractivity contribution >= 4 is 29.2 Å². The second-order valence-electron chi connectivity index (χ2n) is 7.22. The molecule has 2 heteroatoms. The number of halogens is 1. The van der Waals surface area contributed by atoms with E-state index in [9.17, 15) is 0 Å². The van der Waals surface area contributed by atoms with Gasteiger partial charge in [-0.1, -0.05) is 106 Å². The zero-order valence-corrected chi connectivity index (χ0v) is 16.7. The monoisotopic (exact) mass is 408 g/mol. The predicted octanol–water partition coefficient (Wildman–Crippen LogP) is 5.07. The second-order valence-corrected chi connectivity index (χ2v) is 8.14. The van der Waals surface area contributed by atoms with Crippen molar-refractivity contribution < 1.29 is 0 Å². The van der Waals surface area contributed by atoms with Gasteiger partial charge in [0, 0.05) is 4.47 Å². The van der Waals surface area contributed by atoms with Crippen LogP contribution in [0.3, 0.4) is 0 Å². The molecule has 0 radical (unpaired) electrons. The maximum Gasteiger partial charge on any atom is 0.139 e. The summed E-state index contributed by atoms with van der Waals surface area (Å²) in [4.78, 5) is 0. The third-order valence-electron chi connectivity index (χ3n) is 5.67. The molecule has 0 aromatic heterocycles. The number of benzene rings is 4. The van der Waals surface area contributed by atoms with Gasteiger partial charge in [0.2, 0.25) is 0 Å². The molecule has 0 heterocycles.